The van der Waals surface area contributed by atoms with Gasteiger partial charge in [0.1, 0.15) is 5.82 Å². The summed E-state index contributed by atoms with van der Waals surface area (Å²) in [6.07, 6.45) is 8.40. The fourth-order valence-electron chi connectivity index (χ4n) is 3.10. The fraction of sp³-hybridized carbons (Fsp3) is 0.846. The van der Waals surface area contributed by atoms with Gasteiger partial charge in [-0.2, -0.15) is 5.10 Å². The van der Waals surface area contributed by atoms with Gasteiger partial charge < -0.3 is 4.57 Å². The lowest BCUT2D eigenvalue weighted by atomic mass is 9.98. The molecule has 0 bridgehead atoms. The summed E-state index contributed by atoms with van der Waals surface area (Å²) >= 11 is 5.40. The van der Waals surface area contributed by atoms with Crippen molar-refractivity contribution in [2.75, 3.05) is 0 Å². The summed E-state index contributed by atoms with van der Waals surface area (Å²) in [6.45, 7) is 1.14. The molecule has 3 aliphatic carbocycles. The summed E-state index contributed by atoms with van der Waals surface area (Å²) in [5.41, 5.74) is 0. The summed E-state index contributed by atoms with van der Waals surface area (Å²) in [5.74, 6) is 4.80. The molecule has 1 N–H and O–H groups in total. The molecule has 0 atom stereocenters. The first-order valence-corrected chi connectivity index (χ1v) is 7.39. The first-order valence-electron chi connectivity index (χ1n) is 6.98. The molecule has 0 amide bonds. The van der Waals surface area contributed by atoms with Gasteiger partial charge >= 0.3 is 0 Å². The Morgan fingerprint density at radius 3 is 2.35 bits per heavy atom. The highest BCUT2D eigenvalue weighted by Gasteiger charge is 2.42. The minimum absolute atomic E-state index is 0.696. The summed E-state index contributed by atoms with van der Waals surface area (Å²) < 4.78 is 3.16. The standard InChI is InChI=1S/C13H19N3S/c17-13-15-14-12(10-5-6-10)16(13)7-11(8-1-2-8)9-3-4-9/h8-11H,1-7H2,(H,15,17). The Labute approximate surface area is 107 Å². The summed E-state index contributed by atoms with van der Waals surface area (Å²) in [5, 5.41) is 7.43. The molecule has 0 radical (unpaired) electrons. The van der Waals surface area contributed by atoms with E-state index in [0.717, 1.165) is 29.1 Å². The summed E-state index contributed by atoms with van der Waals surface area (Å²) in [7, 11) is 0. The van der Waals surface area contributed by atoms with Crippen molar-refractivity contribution in [2.24, 2.45) is 17.8 Å². The normalized spacial score (nSPS) is 24.5. The maximum absolute atomic E-state index is 5.40. The molecule has 0 unspecified atom stereocenters. The Balaban J connectivity index is 1.60. The van der Waals surface area contributed by atoms with Gasteiger partial charge in [0.25, 0.3) is 0 Å². The number of nitrogens with zero attached hydrogens (tertiary/aromatic N) is 2. The molecular weight excluding hydrogens is 230 g/mol. The lowest BCUT2D eigenvalue weighted by molar-refractivity contribution is 0.342. The van der Waals surface area contributed by atoms with E-state index in [1.807, 2.05) is 0 Å². The van der Waals surface area contributed by atoms with Crippen molar-refractivity contribution < 1.29 is 0 Å². The topological polar surface area (TPSA) is 33.6 Å². The predicted octanol–water partition coefficient (Wildman–Crippen LogP) is 3.25. The number of hydrogen-bond acceptors (Lipinski definition) is 2. The second-order valence-electron chi connectivity index (χ2n) is 6.11. The zero-order valence-corrected chi connectivity index (χ0v) is 10.9. The van der Waals surface area contributed by atoms with Crippen LogP contribution in [0, 0.1) is 22.5 Å². The van der Waals surface area contributed by atoms with Gasteiger partial charge in [0.15, 0.2) is 4.77 Å². The van der Waals surface area contributed by atoms with E-state index >= 15 is 0 Å². The third kappa shape index (κ3) is 1.96. The average molecular weight is 249 g/mol. The van der Waals surface area contributed by atoms with Gasteiger partial charge in [-0.3, -0.25) is 5.10 Å². The number of hydrogen-bond donors (Lipinski definition) is 1. The Bertz CT molecular complexity index is 465. The lowest BCUT2D eigenvalue weighted by Gasteiger charge is -2.17. The highest BCUT2D eigenvalue weighted by atomic mass is 32.1. The van der Waals surface area contributed by atoms with Crippen LogP contribution in [-0.2, 0) is 6.54 Å². The van der Waals surface area contributed by atoms with E-state index in [9.17, 15) is 0 Å². The number of aromatic amines is 1. The van der Waals surface area contributed by atoms with Crippen molar-refractivity contribution in [3.63, 3.8) is 0 Å². The Morgan fingerprint density at radius 1 is 1.18 bits per heavy atom. The smallest absolute Gasteiger partial charge is 0.195 e. The van der Waals surface area contributed by atoms with Crippen molar-refractivity contribution >= 4 is 12.2 Å². The van der Waals surface area contributed by atoms with E-state index < -0.39 is 0 Å². The molecule has 3 aliphatic rings. The first kappa shape index (κ1) is 10.3. The molecule has 3 saturated carbocycles. The molecule has 1 aromatic heterocycles. The van der Waals surface area contributed by atoms with E-state index in [2.05, 4.69) is 14.8 Å². The molecule has 17 heavy (non-hydrogen) atoms. The van der Waals surface area contributed by atoms with E-state index in [1.165, 1.54) is 44.3 Å². The van der Waals surface area contributed by atoms with Crippen molar-refractivity contribution in [1.82, 2.24) is 14.8 Å². The van der Waals surface area contributed by atoms with Crippen LogP contribution in [0.2, 0.25) is 0 Å². The van der Waals surface area contributed by atoms with Crippen LogP contribution in [0.5, 0.6) is 0 Å². The monoisotopic (exact) mass is 249 g/mol. The average Bonchev–Trinajstić information content (AvgIpc) is 3.18. The largest absolute Gasteiger partial charge is 0.304 e. The fourth-order valence-corrected chi connectivity index (χ4v) is 3.32. The molecule has 3 fully saturated rings. The number of nitrogens with one attached hydrogen (secondary N) is 1. The molecule has 0 saturated heterocycles. The minimum atomic E-state index is 0.696. The van der Waals surface area contributed by atoms with Crippen LogP contribution in [0.25, 0.3) is 0 Å². The second kappa shape index (κ2) is 3.67. The maximum Gasteiger partial charge on any atom is 0.195 e. The third-order valence-electron chi connectivity index (χ3n) is 4.58. The van der Waals surface area contributed by atoms with Gasteiger partial charge in [0.2, 0.25) is 0 Å². The molecule has 0 spiro atoms. The van der Waals surface area contributed by atoms with Crippen LogP contribution in [0.3, 0.4) is 0 Å². The highest BCUT2D eigenvalue weighted by Crippen LogP contribution is 2.50. The number of H-pyrrole nitrogens is 1. The molecule has 3 nitrogen and oxygen atoms in total. The zero-order valence-electron chi connectivity index (χ0n) is 10.1. The minimum Gasteiger partial charge on any atom is -0.304 e. The zero-order chi connectivity index (χ0) is 11.4. The van der Waals surface area contributed by atoms with Crippen LogP contribution in [0.15, 0.2) is 0 Å². The van der Waals surface area contributed by atoms with Crippen LogP contribution in [0.4, 0.5) is 0 Å². The Hall–Kier alpha value is -0.640. The van der Waals surface area contributed by atoms with Gasteiger partial charge in [-0.15, -0.1) is 0 Å². The SMILES string of the molecule is S=c1[nH]nc(C2CC2)n1CC(C1CC1)C1CC1. The van der Waals surface area contributed by atoms with Crippen molar-refractivity contribution in [2.45, 2.75) is 51.0 Å². The second-order valence-corrected chi connectivity index (χ2v) is 6.50. The summed E-state index contributed by atoms with van der Waals surface area (Å²) in [4.78, 5) is 0. The van der Waals surface area contributed by atoms with E-state index in [-0.39, 0.29) is 0 Å². The van der Waals surface area contributed by atoms with Crippen molar-refractivity contribution in [3.8, 4) is 0 Å². The molecule has 4 rings (SSSR count). The van der Waals surface area contributed by atoms with Crippen molar-refractivity contribution in [3.05, 3.63) is 10.6 Å². The van der Waals surface area contributed by atoms with E-state index in [1.54, 1.807) is 0 Å². The molecule has 1 aromatic rings. The summed E-state index contributed by atoms with van der Waals surface area (Å²) in [6, 6.07) is 0. The van der Waals surface area contributed by atoms with Crippen LogP contribution in [-0.4, -0.2) is 14.8 Å². The van der Waals surface area contributed by atoms with E-state index in [4.69, 9.17) is 12.2 Å². The number of rotatable bonds is 5. The quantitative estimate of drug-likeness (QED) is 0.813. The maximum atomic E-state index is 5.40. The molecule has 0 aromatic carbocycles. The molecule has 1 heterocycles. The van der Waals surface area contributed by atoms with Gasteiger partial charge in [0.05, 0.1) is 0 Å². The van der Waals surface area contributed by atoms with Crippen molar-refractivity contribution in [1.29, 1.82) is 0 Å². The Kier molecular flexibility index (Phi) is 2.23. The van der Waals surface area contributed by atoms with Gasteiger partial charge in [-0.25, -0.2) is 0 Å². The third-order valence-corrected chi connectivity index (χ3v) is 4.89. The Morgan fingerprint density at radius 2 is 1.82 bits per heavy atom. The van der Waals surface area contributed by atoms with Crippen LogP contribution >= 0.6 is 12.2 Å². The van der Waals surface area contributed by atoms with Gasteiger partial charge in [0, 0.05) is 12.5 Å². The van der Waals surface area contributed by atoms with Gasteiger partial charge in [-0.05, 0) is 68.5 Å². The molecule has 0 aliphatic heterocycles. The predicted molar refractivity (Wildman–Crippen MR) is 68.3 cm³/mol. The van der Waals surface area contributed by atoms with Crippen LogP contribution in [0.1, 0.15) is 50.3 Å². The first-order chi connectivity index (χ1) is 8.33. The number of aromatic nitrogens is 3. The van der Waals surface area contributed by atoms with E-state index in [0.29, 0.717) is 5.92 Å². The van der Waals surface area contributed by atoms with Crippen LogP contribution < -0.4 is 0 Å². The molecule has 92 valence electrons. The molecule has 4 heteroatoms. The lowest BCUT2D eigenvalue weighted by Crippen LogP contribution is -2.16. The molecular formula is C13H19N3S. The van der Waals surface area contributed by atoms with Gasteiger partial charge in [-0.1, -0.05) is 0 Å². The highest BCUT2D eigenvalue weighted by molar-refractivity contribution is 7.71.